The average molecular weight is 295 g/mol. The van der Waals surface area contributed by atoms with Crippen molar-refractivity contribution >= 4 is 16.6 Å². The quantitative estimate of drug-likeness (QED) is 0.789. The second-order valence-corrected chi connectivity index (χ2v) is 5.43. The van der Waals surface area contributed by atoms with E-state index in [4.69, 9.17) is 0 Å². The molecule has 4 heteroatoms. The molecule has 0 radical (unpaired) electrons. The lowest BCUT2D eigenvalue weighted by Gasteiger charge is -2.11. The molecule has 0 bridgehead atoms. The van der Waals surface area contributed by atoms with E-state index in [-0.39, 0.29) is 5.82 Å². The highest BCUT2D eigenvalue weighted by atomic mass is 19.1. The lowest BCUT2D eigenvalue weighted by atomic mass is 10.1. The molecule has 2 heterocycles. The summed E-state index contributed by atoms with van der Waals surface area (Å²) in [4.78, 5) is 8.58. The summed E-state index contributed by atoms with van der Waals surface area (Å²) in [5.74, 6) is -0.285. The minimum absolute atomic E-state index is 0.285. The summed E-state index contributed by atoms with van der Waals surface area (Å²) in [6, 6.07) is 11.1. The van der Waals surface area contributed by atoms with Crippen molar-refractivity contribution in [3.8, 4) is 0 Å². The second-order valence-electron chi connectivity index (χ2n) is 5.43. The molecule has 1 aromatic carbocycles. The number of hydrogen-bond acceptors (Lipinski definition) is 3. The number of rotatable bonds is 4. The van der Waals surface area contributed by atoms with Gasteiger partial charge in [-0.3, -0.25) is 4.98 Å². The van der Waals surface area contributed by atoms with E-state index in [1.54, 1.807) is 6.07 Å². The number of nitrogens with zero attached hydrogens (tertiary/aromatic N) is 2. The Bertz CT molecular complexity index is 797. The highest BCUT2D eigenvalue weighted by Gasteiger charge is 2.07. The van der Waals surface area contributed by atoms with E-state index in [1.165, 1.54) is 11.6 Å². The third-order valence-corrected chi connectivity index (χ3v) is 3.62. The highest BCUT2D eigenvalue weighted by molar-refractivity contribution is 5.91. The number of benzene rings is 1. The van der Waals surface area contributed by atoms with Gasteiger partial charge in [-0.25, -0.2) is 9.37 Å². The Balaban J connectivity index is 1.79. The molecule has 0 aliphatic rings. The Morgan fingerprint density at radius 2 is 1.95 bits per heavy atom. The molecule has 0 spiro atoms. The second kappa shape index (κ2) is 6.10. The standard InChI is InChI=1S/C18H18FN3/c1-12-6-7-14(11-21-12)8-9-20-17-10-13(2)22-18-15(17)4-3-5-16(18)19/h3-7,10-11H,8-9H2,1-2H3,(H,20,22). The van der Waals surface area contributed by atoms with Crippen LogP contribution in [-0.2, 0) is 6.42 Å². The first-order chi connectivity index (χ1) is 10.6. The van der Waals surface area contributed by atoms with Crippen LogP contribution in [0.25, 0.3) is 10.9 Å². The van der Waals surface area contributed by atoms with Crippen LogP contribution in [0.4, 0.5) is 10.1 Å². The summed E-state index contributed by atoms with van der Waals surface area (Å²) in [6.45, 7) is 4.61. The molecule has 22 heavy (non-hydrogen) atoms. The summed E-state index contributed by atoms with van der Waals surface area (Å²) >= 11 is 0. The fraction of sp³-hybridized carbons (Fsp3) is 0.222. The first-order valence-corrected chi connectivity index (χ1v) is 7.35. The average Bonchev–Trinajstić information content (AvgIpc) is 2.50. The molecule has 3 nitrogen and oxygen atoms in total. The molecule has 0 amide bonds. The number of anilines is 1. The molecule has 0 aliphatic carbocycles. The fourth-order valence-electron chi connectivity index (χ4n) is 2.48. The molecule has 0 fully saturated rings. The Hall–Kier alpha value is -2.49. The van der Waals surface area contributed by atoms with Gasteiger partial charge in [-0.05, 0) is 44.0 Å². The van der Waals surface area contributed by atoms with Crippen LogP contribution in [0.3, 0.4) is 0 Å². The predicted molar refractivity (Wildman–Crippen MR) is 87.6 cm³/mol. The van der Waals surface area contributed by atoms with Gasteiger partial charge in [-0.2, -0.15) is 0 Å². The zero-order valence-corrected chi connectivity index (χ0v) is 12.7. The highest BCUT2D eigenvalue weighted by Crippen LogP contribution is 2.25. The molecular weight excluding hydrogens is 277 g/mol. The zero-order chi connectivity index (χ0) is 15.5. The molecular formula is C18H18FN3. The van der Waals surface area contributed by atoms with Crippen molar-refractivity contribution in [1.82, 2.24) is 9.97 Å². The Labute approximate surface area is 129 Å². The minimum Gasteiger partial charge on any atom is -0.384 e. The van der Waals surface area contributed by atoms with E-state index in [1.807, 2.05) is 38.2 Å². The Kier molecular flexibility index (Phi) is 4.00. The normalized spacial score (nSPS) is 10.9. The largest absolute Gasteiger partial charge is 0.384 e. The summed E-state index contributed by atoms with van der Waals surface area (Å²) < 4.78 is 13.9. The molecule has 0 saturated carbocycles. The van der Waals surface area contributed by atoms with Gasteiger partial charge in [0.15, 0.2) is 0 Å². The van der Waals surface area contributed by atoms with Crippen molar-refractivity contribution in [3.05, 3.63) is 65.4 Å². The number of nitrogens with one attached hydrogen (secondary N) is 1. The van der Waals surface area contributed by atoms with E-state index >= 15 is 0 Å². The predicted octanol–water partition coefficient (Wildman–Crippen LogP) is 4.04. The van der Waals surface area contributed by atoms with E-state index in [2.05, 4.69) is 21.4 Å². The molecule has 0 saturated heterocycles. The van der Waals surface area contributed by atoms with Gasteiger partial charge in [0.05, 0.1) is 0 Å². The number of pyridine rings is 2. The van der Waals surface area contributed by atoms with Crippen LogP contribution in [0.2, 0.25) is 0 Å². The summed E-state index contributed by atoms with van der Waals surface area (Å²) in [5.41, 5.74) is 4.34. The van der Waals surface area contributed by atoms with Crippen LogP contribution in [0.15, 0.2) is 42.6 Å². The van der Waals surface area contributed by atoms with Gasteiger partial charge in [0.1, 0.15) is 11.3 Å². The van der Waals surface area contributed by atoms with Gasteiger partial charge in [0, 0.05) is 35.2 Å². The zero-order valence-electron chi connectivity index (χ0n) is 12.7. The first kappa shape index (κ1) is 14.4. The molecule has 2 aromatic heterocycles. The Morgan fingerprint density at radius 3 is 2.73 bits per heavy atom. The number of halogens is 1. The number of aryl methyl sites for hydroxylation is 2. The van der Waals surface area contributed by atoms with Gasteiger partial charge in [0.25, 0.3) is 0 Å². The number of fused-ring (bicyclic) bond motifs is 1. The smallest absolute Gasteiger partial charge is 0.149 e. The SMILES string of the molecule is Cc1ccc(CCNc2cc(C)nc3c(F)cccc23)cn1. The molecule has 3 aromatic rings. The van der Waals surface area contributed by atoms with Gasteiger partial charge in [-0.15, -0.1) is 0 Å². The van der Waals surface area contributed by atoms with Crippen molar-refractivity contribution in [2.24, 2.45) is 0 Å². The van der Waals surface area contributed by atoms with Crippen LogP contribution in [-0.4, -0.2) is 16.5 Å². The van der Waals surface area contributed by atoms with Crippen LogP contribution in [0.5, 0.6) is 0 Å². The maximum absolute atomic E-state index is 13.9. The van der Waals surface area contributed by atoms with Crippen molar-refractivity contribution in [2.45, 2.75) is 20.3 Å². The van der Waals surface area contributed by atoms with E-state index in [0.717, 1.165) is 35.4 Å². The first-order valence-electron chi connectivity index (χ1n) is 7.35. The van der Waals surface area contributed by atoms with Gasteiger partial charge < -0.3 is 5.32 Å². The summed E-state index contributed by atoms with van der Waals surface area (Å²) in [6.07, 6.45) is 2.76. The lowest BCUT2D eigenvalue weighted by molar-refractivity contribution is 0.636. The Morgan fingerprint density at radius 1 is 1.09 bits per heavy atom. The lowest BCUT2D eigenvalue weighted by Crippen LogP contribution is -2.06. The molecule has 112 valence electrons. The van der Waals surface area contributed by atoms with Gasteiger partial charge >= 0.3 is 0 Å². The van der Waals surface area contributed by atoms with Crippen molar-refractivity contribution in [2.75, 3.05) is 11.9 Å². The summed E-state index contributed by atoms with van der Waals surface area (Å²) in [7, 11) is 0. The van der Waals surface area contributed by atoms with Gasteiger partial charge in [0.2, 0.25) is 0 Å². The maximum atomic E-state index is 13.9. The number of para-hydroxylation sites is 1. The van der Waals surface area contributed by atoms with Crippen molar-refractivity contribution < 1.29 is 4.39 Å². The molecule has 0 atom stereocenters. The molecule has 1 N–H and O–H groups in total. The number of hydrogen-bond donors (Lipinski definition) is 1. The van der Waals surface area contributed by atoms with E-state index in [0.29, 0.717) is 5.52 Å². The summed E-state index contributed by atoms with van der Waals surface area (Å²) in [5, 5.41) is 4.20. The molecule has 3 rings (SSSR count). The van der Waals surface area contributed by atoms with E-state index < -0.39 is 0 Å². The fourth-order valence-corrected chi connectivity index (χ4v) is 2.48. The molecule has 0 aliphatic heterocycles. The minimum atomic E-state index is -0.285. The van der Waals surface area contributed by atoms with Gasteiger partial charge in [-0.1, -0.05) is 18.2 Å². The monoisotopic (exact) mass is 295 g/mol. The molecule has 0 unspecified atom stereocenters. The van der Waals surface area contributed by atoms with Crippen LogP contribution in [0, 0.1) is 19.7 Å². The van der Waals surface area contributed by atoms with Crippen molar-refractivity contribution in [3.63, 3.8) is 0 Å². The third kappa shape index (κ3) is 3.06. The maximum Gasteiger partial charge on any atom is 0.149 e. The van der Waals surface area contributed by atoms with Crippen molar-refractivity contribution in [1.29, 1.82) is 0 Å². The van der Waals surface area contributed by atoms with Crippen LogP contribution in [0.1, 0.15) is 17.0 Å². The topological polar surface area (TPSA) is 37.8 Å². The number of aromatic nitrogens is 2. The van der Waals surface area contributed by atoms with Crippen LogP contribution < -0.4 is 5.32 Å². The van der Waals surface area contributed by atoms with E-state index in [9.17, 15) is 4.39 Å². The third-order valence-electron chi connectivity index (χ3n) is 3.62. The van der Waals surface area contributed by atoms with Crippen LogP contribution >= 0.6 is 0 Å².